The lowest BCUT2D eigenvalue weighted by molar-refractivity contribution is 0.134. The lowest BCUT2D eigenvalue weighted by Crippen LogP contribution is -2.34. The Morgan fingerprint density at radius 1 is 1.44 bits per heavy atom. The summed E-state index contributed by atoms with van der Waals surface area (Å²) in [5.41, 5.74) is 1.15. The van der Waals surface area contributed by atoms with Crippen LogP contribution in [-0.4, -0.2) is 50.4 Å². The van der Waals surface area contributed by atoms with Gasteiger partial charge in [-0.1, -0.05) is 6.07 Å². The van der Waals surface area contributed by atoms with Crippen molar-refractivity contribution in [3.8, 4) is 5.75 Å². The van der Waals surface area contributed by atoms with Crippen LogP contribution < -0.4 is 10.1 Å². The van der Waals surface area contributed by atoms with Crippen LogP contribution in [0.5, 0.6) is 5.75 Å². The predicted molar refractivity (Wildman–Crippen MR) is 77.0 cm³/mol. The second-order valence-electron chi connectivity index (χ2n) is 4.52. The molecule has 0 saturated heterocycles. The van der Waals surface area contributed by atoms with Gasteiger partial charge in [-0.05, 0) is 47.7 Å². The molecule has 1 aromatic carbocycles. The standard InChI is InChI=1S/C13H21BrN2O2/c1-16(2)9-11(17)8-15-7-10-4-5-13(18-3)12(14)6-10/h4-6,11,15,17H,7-9H2,1-3H3. The van der Waals surface area contributed by atoms with Crippen molar-refractivity contribution in [2.24, 2.45) is 0 Å². The van der Waals surface area contributed by atoms with E-state index in [0.717, 1.165) is 22.3 Å². The first-order chi connectivity index (χ1) is 8.52. The maximum Gasteiger partial charge on any atom is 0.133 e. The van der Waals surface area contributed by atoms with E-state index in [4.69, 9.17) is 4.74 Å². The van der Waals surface area contributed by atoms with Crippen molar-refractivity contribution in [2.45, 2.75) is 12.6 Å². The molecule has 4 nitrogen and oxygen atoms in total. The molecule has 0 aliphatic rings. The first kappa shape index (κ1) is 15.4. The fourth-order valence-electron chi connectivity index (χ4n) is 1.69. The van der Waals surface area contributed by atoms with Crippen LogP contribution in [0.3, 0.4) is 0 Å². The van der Waals surface area contributed by atoms with Crippen molar-refractivity contribution in [1.82, 2.24) is 10.2 Å². The Kier molecular flexibility index (Phi) is 6.63. The maximum absolute atomic E-state index is 9.70. The fraction of sp³-hybridized carbons (Fsp3) is 0.538. The summed E-state index contributed by atoms with van der Waals surface area (Å²) in [6.45, 7) is 1.98. The SMILES string of the molecule is COc1ccc(CNCC(O)CN(C)C)cc1Br. The van der Waals surface area contributed by atoms with Crippen LogP contribution in [0.15, 0.2) is 22.7 Å². The van der Waals surface area contributed by atoms with Gasteiger partial charge in [0, 0.05) is 19.6 Å². The van der Waals surface area contributed by atoms with Gasteiger partial charge >= 0.3 is 0 Å². The Labute approximate surface area is 117 Å². The number of halogens is 1. The quantitative estimate of drug-likeness (QED) is 0.799. The number of methoxy groups -OCH3 is 1. The number of nitrogens with one attached hydrogen (secondary N) is 1. The van der Waals surface area contributed by atoms with E-state index >= 15 is 0 Å². The first-order valence-corrected chi connectivity index (χ1v) is 6.68. The minimum absolute atomic E-state index is 0.346. The molecule has 18 heavy (non-hydrogen) atoms. The van der Waals surface area contributed by atoms with Crippen LogP contribution in [0.25, 0.3) is 0 Å². The van der Waals surface area contributed by atoms with E-state index in [-0.39, 0.29) is 6.10 Å². The van der Waals surface area contributed by atoms with Crippen LogP contribution in [0, 0.1) is 0 Å². The molecule has 1 unspecified atom stereocenters. The zero-order chi connectivity index (χ0) is 13.5. The van der Waals surface area contributed by atoms with E-state index in [1.54, 1.807) is 7.11 Å². The molecule has 2 N–H and O–H groups in total. The molecule has 1 atom stereocenters. The van der Waals surface area contributed by atoms with Gasteiger partial charge in [0.25, 0.3) is 0 Å². The Bertz CT molecular complexity index is 372. The topological polar surface area (TPSA) is 44.7 Å². The lowest BCUT2D eigenvalue weighted by Gasteiger charge is -2.16. The summed E-state index contributed by atoms with van der Waals surface area (Å²) < 4.78 is 6.12. The van der Waals surface area contributed by atoms with Gasteiger partial charge in [-0.2, -0.15) is 0 Å². The van der Waals surface area contributed by atoms with E-state index < -0.39 is 0 Å². The molecule has 0 fully saturated rings. The number of aliphatic hydroxyl groups excluding tert-OH is 1. The Morgan fingerprint density at radius 3 is 2.72 bits per heavy atom. The Hall–Kier alpha value is -0.620. The molecule has 0 saturated carbocycles. The molecule has 0 spiro atoms. The van der Waals surface area contributed by atoms with Gasteiger partial charge in [0.15, 0.2) is 0 Å². The van der Waals surface area contributed by atoms with Gasteiger partial charge in [0.2, 0.25) is 0 Å². The van der Waals surface area contributed by atoms with Crippen molar-refractivity contribution in [1.29, 1.82) is 0 Å². The third kappa shape index (κ3) is 5.35. The van der Waals surface area contributed by atoms with E-state index in [1.165, 1.54) is 0 Å². The summed E-state index contributed by atoms with van der Waals surface area (Å²) in [4.78, 5) is 1.97. The van der Waals surface area contributed by atoms with Crippen LogP contribution in [0.1, 0.15) is 5.56 Å². The molecular formula is C13H21BrN2O2. The maximum atomic E-state index is 9.70. The number of ether oxygens (including phenoxy) is 1. The Balaban J connectivity index is 2.37. The molecular weight excluding hydrogens is 296 g/mol. The number of hydrogen-bond acceptors (Lipinski definition) is 4. The highest BCUT2D eigenvalue weighted by molar-refractivity contribution is 9.10. The van der Waals surface area contributed by atoms with Crippen LogP contribution in [0.4, 0.5) is 0 Å². The van der Waals surface area contributed by atoms with Crippen LogP contribution in [0.2, 0.25) is 0 Å². The smallest absolute Gasteiger partial charge is 0.133 e. The third-order valence-electron chi connectivity index (χ3n) is 2.50. The number of benzene rings is 1. The molecule has 0 amide bonds. The lowest BCUT2D eigenvalue weighted by atomic mass is 10.2. The van der Waals surface area contributed by atoms with E-state index in [9.17, 15) is 5.11 Å². The summed E-state index contributed by atoms with van der Waals surface area (Å²) >= 11 is 3.45. The third-order valence-corrected chi connectivity index (χ3v) is 3.12. The van der Waals surface area contributed by atoms with E-state index in [0.29, 0.717) is 13.1 Å². The van der Waals surface area contributed by atoms with Crippen molar-refractivity contribution in [3.05, 3.63) is 28.2 Å². The molecule has 0 aliphatic carbocycles. The number of hydrogen-bond donors (Lipinski definition) is 2. The van der Waals surface area contributed by atoms with E-state index in [2.05, 4.69) is 21.2 Å². The monoisotopic (exact) mass is 316 g/mol. The minimum atomic E-state index is -0.346. The normalized spacial score (nSPS) is 12.8. The zero-order valence-corrected chi connectivity index (χ0v) is 12.7. The number of rotatable bonds is 7. The average Bonchev–Trinajstić information content (AvgIpc) is 2.28. The van der Waals surface area contributed by atoms with Crippen molar-refractivity contribution in [3.63, 3.8) is 0 Å². The largest absolute Gasteiger partial charge is 0.496 e. The van der Waals surface area contributed by atoms with Crippen molar-refractivity contribution in [2.75, 3.05) is 34.3 Å². The van der Waals surface area contributed by atoms with E-state index in [1.807, 2.05) is 37.2 Å². The fourth-order valence-corrected chi connectivity index (χ4v) is 2.28. The molecule has 0 aromatic heterocycles. The summed E-state index contributed by atoms with van der Waals surface area (Å²) in [5.74, 6) is 0.825. The molecule has 1 rings (SSSR count). The van der Waals surface area contributed by atoms with Gasteiger partial charge in [0.05, 0.1) is 17.7 Å². The molecule has 102 valence electrons. The molecule has 0 heterocycles. The first-order valence-electron chi connectivity index (χ1n) is 5.89. The van der Waals surface area contributed by atoms with Crippen LogP contribution >= 0.6 is 15.9 Å². The van der Waals surface area contributed by atoms with Crippen molar-refractivity contribution < 1.29 is 9.84 Å². The number of aliphatic hydroxyl groups is 1. The van der Waals surface area contributed by atoms with Gasteiger partial charge in [-0.3, -0.25) is 0 Å². The summed E-state index contributed by atoms with van der Waals surface area (Å²) in [6, 6.07) is 5.95. The van der Waals surface area contributed by atoms with Gasteiger partial charge in [-0.15, -0.1) is 0 Å². The molecule has 0 bridgehead atoms. The number of nitrogens with zero attached hydrogens (tertiary/aromatic N) is 1. The highest BCUT2D eigenvalue weighted by Gasteiger charge is 2.05. The molecule has 0 radical (unpaired) electrons. The Morgan fingerprint density at radius 2 is 2.17 bits per heavy atom. The minimum Gasteiger partial charge on any atom is -0.496 e. The molecule has 5 heteroatoms. The van der Waals surface area contributed by atoms with Gasteiger partial charge in [0.1, 0.15) is 5.75 Å². The van der Waals surface area contributed by atoms with Gasteiger partial charge < -0.3 is 20.1 Å². The summed E-state index contributed by atoms with van der Waals surface area (Å²) in [6.07, 6.45) is -0.346. The van der Waals surface area contributed by atoms with Crippen molar-refractivity contribution >= 4 is 15.9 Å². The van der Waals surface area contributed by atoms with Crippen LogP contribution in [-0.2, 0) is 6.54 Å². The molecule has 1 aromatic rings. The summed E-state index contributed by atoms with van der Waals surface area (Å²) in [7, 11) is 5.54. The zero-order valence-electron chi connectivity index (χ0n) is 11.1. The van der Waals surface area contributed by atoms with Gasteiger partial charge in [-0.25, -0.2) is 0 Å². The second kappa shape index (κ2) is 7.74. The highest BCUT2D eigenvalue weighted by atomic mass is 79.9. The second-order valence-corrected chi connectivity index (χ2v) is 5.37. The molecule has 0 aliphatic heterocycles. The average molecular weight is 317 g/mol. The highest BCUT2D eigenvalue weighted by Crippen LogP contribution is 2.25. The number of likely N-dealkylation sites (N-methyl/N-ethyl adjacent to an activating group) is 1. The predicted octanol–water partition coefficient (Wildman–Crippen LogP) is 1.47. The summed E-state index contributed by atoms with van der Waals surface area (Å²) in [5, 5.41) is 12.9.